The summed E-state index contributed by atoms with van der Waals surface area (Å²) in [6.45, 7) is 0. The second-order valence-corrected chi connectivity index (χ2v) is 14.3. The van der Waals surface area contributed by atoms with E-state index in [1.54, 1.807) is 0 Å². The van der Waals surface area contributed by atoms with Crippen molar-refractivity contribution in [2.75, 3.05) is 0 Å². The van der Waals surface area contributed by atoms with Crippen molar-refractivity contribution in [1.82, 2.24) is 4.57 Å². The molecule has 0 spiro atoms. The van der Waals surface area contributed by atoms with E-state index < -0.39 is 10.0 Å². The lowest BCUT2D eigenvalue weighted by Gasteiger charge is -2.42. The Bertz CT molecular complexity index is 2040. The Hall–Kier alpha value is -5.05. The van der Waals surface area contributed by atoms with E-state index in [1.165, 1.54) is 58.6 Å². The number of hydrogen-bond acceptors (Lipinski definition) is 0. The molecular weight excluding hydrogens is 551 g/mol. The van der Waals surface area contributed by atoms with Gasteiger partial charge in [0.15, 0.2) is 0 Å². The number of rotatable bonds is 6. The number of nitrogens with zero attached hydrogens (tertiary/aromatic N) is 1. The maximum atomic E-state index is 2.47. The van der Waals surface area contributed by atoms with E-state index in [2.05, 4.69) is 181 Å². The SMILES string of the molecule is C1=Cc2c(c3c(S(c4ccccc4)(c4ccccc4)c4ccc(-c5ccccc5)cc4)cccc3n2-c2ccccc2)CC1. The number of aryl methyl sites for hydroxylation is 1. The molecule has 1 nitrogen and oxygen atoms in total. The molecule has 1 aliphatic rings. The molecular formula is C42H33NS. The van der Waals surface area contributed by atoms with E-state index in [-0.39, 0.29) is 0 Å². The first-order valence-electron chi connectivity index (χ1n) is 15.3. The number of para-hydroxylation sites is 1. The van der Waals surface area contributed by atoms with Crippen LogP contribution in [0.4, 0.5) is 0 Å². The number of hydrogen-bond donors (Lipinski definition) is 0. The lowest BCUT2D eigenvalue weighted by atomic mass is 10.0. The molecule has 0 atom stereocenters. The zero-order chi connectivity index (χ0) is 29.3. The number of fused-ring (bicyclic) bond motifs is 3. The van der Waals surface area contributed by atoms with Crippen LogP contribution in [0.5, 0.6) is 0 Å². The Morgan fingerprint density at radius 1 is 0.477 bits per heavy atom. The Kier molecular flexibility index (Phi) is 6.78. The zero-order valence-electron chi connectivity index (χ0n) is 24.5. The highest BCUT2D eigenvalue weighted by atomic mass is 32.3. The van der Waals surface area contributed by atoms with E-state index in [9.17, 15) is 0 Å². The van der Waals surface area contributed by atoms with Crippen LogP contribution in [0, 0.1) is 0 Å². The van der Waals surface area contributed by atoms with Gasteiger partial charge in [0.1, 0.15) is 0 Å². The van der Waals surface area contributed by atoms with Gasteiger partial charge in [0.05, 0.1) is 5.52 Å². The highest BCUT2D eigenvalue weighted by Gasteiger charge is 2.36. The van der Waals surface area contributed by atoms with Crippen LogP contribution in [-0.2, 0) is 6.42 Å². The molecule has 8 rings (SSSR count). The molecule has 7 aromatic rings. The summed E-state index contributed by atoms with van der Waals surface area (Å²) in [5.74, 6) is 0. The summed E-state index contributed by atoms with van der Waals surface area (Å²) in [5.41, 5.74) is 7.71. The number of benzene rings is 6. The third-order valence-corrected chi connectivity index (χ3v) is 12.7. The van der Waals surface area contributed by atoms with Crippen molar-refractivity contribution in [3.8, 4) is 16.8 Å². The van der Waals surface area contributed by atoms with Gasteiger partial charge >= 0.3 is 0 Å². The molecule has 6 aromatic carbocycles. The molecule has 0 aliphatic heterocycles. The summed E-state index contributed by atoms with van der Waals surface area (Å²) < 4.78 is 2.47. The van der Waals surface area contributed by atoms with Crippen LogP contribution in [0.2, 0.25) is 0 Å². The van der Waals surface area contributed by atoms with Gasteiger partial charge in [-0.3, -0.25) is 0 Å². The van der Waals surface area contributed by atoms with Crippen LogP contribution in [0.3, 0.4) is 0 Å². The van der Waals surface area contributed by atoms with E-state index in [0.29, 0.717) is 0 Å². The summed E-state index contributed by atoms with van der Waals surface area (Å²) in [5, 5.41) is 1.39. The van der Waals surface area contributed by atoms with Gasteiger partial charge in [0.25, 0.3) is 0 Å². The highest BCUT2D eigenvalue weighted by Crippen LogP contribution is 2.75. The number of aromatic nitrogens is 1. The molecule has 1 heterocycles. The second-order valence-electron chi connectivity index (χ2n) is 11.3. The predicted molar refractivity (Wildman–Crippen MR) is 186 cm³/mol. The van der Waals surface area contributed by atoms with Gasteiger partial charge in [-0.2, -0.15) is 0 Å². The topological polar surface area (TPSA) is 4.93 Å². The normalized spacial score (nSPS) is 13.1. The lowest BCUT2D eigenvalue weighted by molar-refractivity contribution is 0.966. The van der Waals surface area contributed by atoms with E-state index >= 15 is 0 Å². The molecule has 212 valence electrons. The van der Waals surface area contributed by atoms with E-state index in [0.717, 1.165) is 12.8 Å². The van der Waals surface area contributed by atoms with Crippen molar-refractivity contribution in [2.24, 2.45) is 0 Å². The largest absolute Gasteiger partial charge is 0.310 e. The fourth-order valence-electron chi connectivity index (χ4n) is 6.88. The van der Waals surface area contributed by atoms with Crippen molar-refractivity contribution in [1.29, 1.82) is 0 Å². The third kappa shape index (κ3) is 4.25. The molecule has 44 heavy (non-hydrogen) atoms. The molecule has 2 heteroatoms. The molecule has 1 aromatic heterocycles. The molecule has 0 unspecified atom stereocenters. The predicted octanol–water partition coefficient (Wildman–Crippen LogP) is 11.6. The molecule has 0 N–H and O–H groups in total. The van der Waals surface area contributed by atoms with E-state index in [1.807, 2.05) is 0 Å². The standard InChI is InChI=1S/C42H33NS/c1-5-16-32(17-6-1)33-28-30-37(31-29-33)44(35-20-9-3-10-21-35,36-22-11-4-12-23-36)41-27-15-26-40-42(41)38-24-13-14-25-39(38)43(40)34-18-7-2-8-19-34/h1-12,14-23,25-31H,13,24H2. The second kappa shape index (κ2) is 11.2. The quantitative estimate of drug-likeness (QED) is 0.183. The fraction of sp³-hybridized carbons (Fsp3) is 0.0476. The van der Waals surface area contributed by atoms with Crippen LogP contribution >= 0.6 is 10.0 Å². The third-order valence-electron chi connectivity index (χ3n) is 8.79. The van der Waals surface area contributed by atoms with Crippen molar-refractivity contribution in [3.63, 3.8) is 0 Å². The monoisotopic (exact) mass is 583 g/mol. The molecule has 0 saturated carbocycles. The smallest absolute Gasteiger partial charge is 0.0548 e. The van der Waals surface area contributed by atoms with E-state index in [4.69, 9.17) is 0 Å². The Balaban J connectivity index is 1.49. The zero-order valence-corrected chi connectivity index (χ0v) is 25.3. The van der Waals surface area contributed by atoms with Crippen LogP contribution in [0.25, 0.3) is 33.8 Å². The average Bonchev–Trinajstić information content (AvgIpc) is 3.46. The molecule has 0 amide bonds. The molecule has 0 fully saturated rings. The minimum Gasteiger partial charge on any atom is -0.310 e. The van der Waals surface area contributed by atoms with Gasteiger partial charge in [-0.1, -0.05) is 109 Å². The van der Waals surface area contributed by atoms with Gasteiger partial charge in [-0.05, 0) is 96.3 Å². The van der Waals surface area contributed by atoms with Crippen LogP contribution in [0.1, 0.15) is 17.7 Å². The molecule has 0 saturated heterocycles. The van der Waals surface area contributed by atoms with Crippen LogP contribution < -0.4 is 0 Å². The molecule has 0 bridgehead atoms. The van der Waals surface area contributed by atoms with Gasteiger partial charge in [-0.15, -0.1) is 10.0 Å². The van der Waals surface area contributed by atoms with Gasteiger partial charge < -0.3 is 4.57 Å². The number of allylic oxidation sites excluding steroid dienone is 1. The Labute approximate surface area is 261 Å². The molecule has 1 aliphatic carbocycles. The van der Waals surface area contributed by atoms with Crippen LogP contribution in [0.15, 0.2) is 189 Å². The lowest BCUT2D eigenvalue weighted by Crippen LogP contribution is -2.06. The van der Waals surface area contributed by atoms with Crippen molar-refractivity contribution in [2.45, 2.75) is 32.4 Å². The van der Waals surface area contributed by atoms with Crippen molar-refractivity contribution in [3.05, 3.63) is 181 Å². The van der Waals surface area contributed by atoms with Crippen molar-refractivity contribution < 1.29 is 0 Å². The van der Waals surface area contributed by atoms with Crippen molar-refractivity contribution >= 4 is 27.0 Å². The van der Waals surface area contributed by atoms with Gasteiger partial charge in [0.2, 0.25) is 0 Å². The molecule has 0 radical (unpaired) electrons. The minimum atomic E-state index is -1.88. The van der Waals surface area contributed by atoms with Crippen LogP contribution in [-0.4, -0.2) is 4.57 Å². The maximum Gasteiger partial charge on any atom is 0.0548 e. The first kappa shape index (κ1) is 26.6. The summed E-state index contributed by atoms with van der Waals surface area (Å²) in [4.78, 5) is 5.44. The Morgan fingerprint density at radius 3 is 1.66 bits per heavy atom. The maximum absolute atomic E-state index is 2.47. The highest BCUT2D eigenvalue weighted by molar-refractivity contribution is 8.34. The minimum absolute atomic E-state index is 1.03. The summed E-state index contributed by atoms with van der Waals surface area (Å²) in [6.07, 6.45) is 6.76. The van der Waals surface area contributed by atoms with Gasteiger partial charge in [-0.25, -0.2) is 0 Å². The summed E-state index contributed by atoms with van der Waals surface area (Å²) in [7, 11) is -1.88. The fourth-order valence-corrected chi connectivity index (χ4v) is 11.0. The van der Waals surface area contributed by atoms with Gasteiger partial charge in [0, 0.05) is 36.3 Å². The first-order valence-corrected chi connectivity index (χ1v) is 17.0. The first-order chi connectivity index (χ1) is 21.9. The summed E-state index contributed by atoms with van der Waals surface area (Å²) in [6, 6.07) is 60.4. The average molecular weight is 584 g/mol. The Morgan fingerprint density at radius 2 is 1.02 bits per heavy atom. The summed E-state index contributed by atoms with van der Waals surface area (Å²) >= 11 is 0.